The Bertz CT molecular complexity index is 445. The topological polar surface area (TPSA) is 17.3 Å². The van der Waals surface area contributed by atoms with Crippen LogP contribution in [0, 0.1) is 12.7 Å². The lowest BCUT2D eigenvalue weighted by Gasteiger charge is -2.00. The molecule has 68 valence electrons. The van der Waals surface area contributed by atoms with E-state index in [0.717, 1.165) is 12.1 Å². The van der Waals surface area contributed by atoms with Gasteiger partial charge in [-0.05, 0) is 25.0 Å². The van der Waals surface area contributed by atoms with Crippen LogP contribution >= 0.6 is 0 Å². The van der Waals surface area contributed by atoms with E-state index in [1.54, 1.807) is 23.6 Å². The zero-order valence-electron chi connectivity index (χ0n) is 7.71. The molecule has 3 heteroatoms. The highest BCUT2D eigenvalue weighted by molar-refractivity contribution is 5.45. The lowest BCUT2D eigenvalue weighted by atomic mass is 10.3. The normalized spacial score (nSPS) is 11.0. The van der Waals surface area contributed by atoms with E-state index in [1.165, 1.54) is 0 Å². The lowest BCUT2D eigenvalue weighted by Crippen LogP contribution is -1.94. The third kappa shape index (κ3) is 1.11. The van der Waals surface area contributed by atoms with E-state index in [9.17, 15) is 4.39 Å². The fraction of sp³-hybridized carbons (Fsp3) is 0.300. The second kappa shape index (κ2) is 2.83. The van der Waals surface area contributed by atoms with E-state index in [2.05, 4.69) is 4.98 Å². The van der Waals surface area contributed by atoms with Gasteiger partial charge in [0.25, 0.3) is 0 Å². The molecule has 0 fully saturated rings. The van der Waals surface area contributed by atoms with Crippen LogP contribution in [0.2, 0.25) is 0 Å². The van der Waals surface area contributed by atoms with E-state index in [-0.39, 0.29) is 5.82 Å². The molecule has 2 heterocycles. The summed E-state index contributed by atoms with van der Waals surface area (Å²) < 4.78 is 15.3. The summed E-state index contributed by atoms with van der Waals surface area (Å²) in [4.78, 5) is 4.04. The number of hydrogen-bond acceptors (Lipinski definition) is 1. The summed E-state index contributed by atoms with van der Waals surface area (Å²) in [6.45, 7) is 3.77. The number of aromatic nitrogens is 2. The van der Waals surface area contributed by atoms with Crippen LogP contribution in [0.15, 0.2) is 18.5 Å². The smallest absolute Gasteiger partial charge is 0.173 e. The molecule has 2 nitrogen and oxygen atoms in total. The van der Waals surface area contributed by atoms with Gasteiger partial charge in [0.05, 0.1) is 0 Å². The molecule has 0 aliphatic heterocycles. The van der Waals surface area contributed by atoms with Crippen LogP contribution in [0.1, 0.15) is 18.2 Å². The van der Waals surface area contributed by atoms with Crippen LogP contribution < -0.4 is 0 Å². The minimum absolute atomic E-state index is 0.220. The van der Waals surface area contributed by atoms with Crippen LogP contribution in [0.25, 0.3) is 5.65 Å². The molecule has 0 amide bonds. The fourth-order valence-corrected chi connectivity index (χ4v) is 1.42. The van der Waals surface area contributed by atoms with Gasteiger partial charge in [-0.1, -0.05) is 6.92 Å². The summed E-state index contributed by atoms with van der Waals surface area (Å²) in [6, 6.07) is 1.77. The first-order valence-electron chi connectivity index (χ1n) is 4.35. The molecule has 2 rings (SSSR count). The highest BCUT2D eigenvalue weighted by Gasteiger charge is 2.07. The SMILES string of the molecule is CCc1cnc2c(F)c(C)ccn12. The van der Waals surface area contributed by atoms with Crippen LogP contribution in [0.3, 0.4) is 0 Å². The van der Waals surface area contributed by atoms with Crippen molar-refractivity contribution >= 4 is 5.65 Å². The maximum absolute atomic E-state index is 13.5. The van der Waals surface area contributed by atoms with Gasteiger partial charge in [0.1, 0.15) is 0 Å². The molecule has 0 aromatic carbocycles. The number of halogens is 1. The molecule has 0 bridgehead atoms. The van der Waals surface area contributed by atoms with Crippen molar-refractivity contribution in [3.63, 3.8) is 0 Å². The zero-order valence-corrected chi connectivity index (χ0v) is 7.71. The molecule has 0 N–H and O–H groups in total. The highest BCUT2D eigenvalue weighted by Crippen LogP contribution is 2.14. The molecule has 2 aromatic heterocycles. The van der Waals surface area contributed by atoms with Crippen molar-refractivity contribution in [2.75, 3.05) is 0 Å². The van der Waals surface area contributed by atoms with Crippen molar-refractivity contribution in [1.29, 1.82) is 0 Å². The third-order valence-electron chi connectivity index (χ3n) is 2.25. The van der Waals surface area contributed by atoms with Gasteiger partial charge in [0.15, 0.2) is 11.5 Å². The van der Waals surface area contributed by atoms with Crippen LogP contribution in [-0.4, -0.2) is 9.38 Å². The molecule has 0 radical (unpaired) electrons. The summed E-state index contributed by atoms with van der Waals surface area (Å²) in [7, 11) is 0. The molecule has 13 heavy (non-hydrogen) atoms. The maximum Gasteiger partial charge on any atom is 0.173 e. The Morgan fingerprint density at radius 3 is 3.00 bits per heavy atom. The van der Waals surface area contributed by atoms with E-state index in [1.807, 2.05) is 13.1 Å². The predicted molar refractivity (Wildman–Crippen MR) is 49.3 cm³/mol. The molecule has 0 saturated heterocycles. The third-order valence-corrected chi connectivity index (χ3v) is 2.25. The second-order valence-electron chi connectivity index (χ2n) is 3.11. The van der Waals surface area contributed by atoms with E-state index >= 15 is 0 Å². The molecule has 0 saturated carbocycles. The quantitative estimate of drug-likeness (QED) is 0.655. The maximum atomic E-state index is 13.5. The van der Waals surface area contributed by atoms with Crippen molar-refractivity contribution in [2.24, 2.45) is 0 Å². The average molecular weight is 178 g/mol. The van der Waals surface area contributed by atoms with Crippen molar-refractivity contribution in [2.45, 2.75) is 20.3 Å². The first-order valence-corrected chi connectivity index (χ1v) is 4.35. The first kappa shape index (κ1) is 8.23. The fourth-order valence-electron chi connectivity index (χ4n) is 1.42. The number of imidazole rings is 1. The summed E-state index contributed by atoms with van der Waals surface area (Å²) in [5.41, 5.74) is 2.10. The number of aryl methyl sites for hydroxylation is 2. The largest absolute Gasteiger partial charge is 0.302 e. The number of rotatable bonds is 1. The standard InChI is InChI=1S/C10H11FN2/c1-3-8-6-12-10-9(11)7(2)4-5-13(8)10/h4-6H,3H2,1-2H3. The van der Waals surface area contributed by atoms with E-state index in [0.29, 0.717) is 11.2 Å². The minimum atomic E-state index is -0.220. The monoisotopic (exact) mass is 178 g/mol. The molecule has 0 aliphatic carbocycles. The van der Waals surface area contributed by atoms with Gasteiger partial charge in [0.2, 0.25) is 0 Å². The number of nitrogens with zero attached hydrogens (tertiary/aromatic N) is 2. The van der Waals surface area contributed by atoms with Crippen molar-refractivity contribution in [1.82, 2.24) is 9.38 Å². The van der Waals surface area contributed by atoms with Gasteiger partial charge >= 0.3 is 0 Å². The lowest BCUT2D eigenvalue weighted by molar-refractivity contribution is 0.620. The Labute approximate surface area is 76.0 Å². The Morgan fingerprint density at radius 2 is 2.31 bits per heavy atom. The van der Waals surface area contributed by atoms with Crippen LogP contribution in [0.5, 0.6) is 0 Å². The first-order chi connectivity index (χ1) is 6.24. The predicted octanol–water partition coefficient (Wildman–Crippen LogP) is 2.34. The van der Waals surface area contributed by atoms with Gasteiger partial charge in [-0.2, -0.15) is 0 Å². The molecule has 0 atom stereocenters. The molecule has 2 aromatic rings. The van der Waals surface area contributed by atoms with Gasteiger partial charge in [0, 0.05) is 18.1 Å². The molecular formula is C10H11FN2. The van der Waals surface area contributed by atoms with Crippen molar-refractivity contribution < 1.29 is 4.39 Å². The zero-order chi connectivity index (χ0) is 9.42. The Morgan fingerprint density at radius 1 is 1.54 bits per heavy atom. The summed E-state index contributed by atoms with van der Waals surface area (Å²) in [5.74, 6) is -0.220. The number of pyridine rings is 1. The minimum Gasteiger partial charge on any atom is -0.302 e. The molecular weight excluding hydrogens is 167 g/mol. The van der Waals surface area contributed by atoms with Crippen molar-refractivity contribution in [3.8, 4) is 0 Å². The molecule has 0 unspecified atom stereocenters. The summed E-state index contributed by atoms with van der Waals surface area (Å²) >= 11 is 0. The van der Waals surface area contributed by atoms with E-state index in [4.69, 9.17) is 0 Å². The average Bonchev–Trinajstić information content (AvgIpc) is 2.55. The highest BCUT2D eigenvalue weighted by atomic mass is 19.1. The van der Waals surface area contributed by atoms with Crippen LogP contribution in [0.4, 0.5) is 4.39 Å². The van der Waals surface area contributed by atoms with Gasteiger partial charge < -0.3 is 4.40 Å². The van der Waals surface area contributed by atoms with E-state index < -0.39 is 0 Å². The van der Waals surface area contributed by atoms with Crippen molar-refractivity contribution in [3.05, 3.63) is 35.5 Å². The second-order valence-corrected chi connectivity index (χ2v) is 3.11. The summed E-state index contributed by atoms with van der Waals surface area (Å²) in [5, 5.41) is 0. The van der Waals surface area contributed by atoms with Gasteiger partial charge in [-0.25, -0.2) is 9.37 Å². The summed E-state index contributed by atoms with van der Waals surface area (Å²) in [6.07, 6.45) is 4.45. The molecule has 0 aliphatic rings. The van der Waals surface area contributed by atoms with Gasteiger partial charge in [-0.3, -0.25) is 0 Å². The number of hydrogen-bond donors (Lipinski definition) is 0. The Balaban J connectivity index is 2.81. The Kier molecular flexibility index (Phi) is 1.79. The van der Waals surface area contributed by atoms with Gasteiger partial charge in [-0.15, -0.1) is 0 Å². The number of fused-ring (bicyclic) bond motifs is 1. The molecule has 0 spiro atoms. The van der Waals surface area contributed by atoms with Crippen LogP contribution in [-0.2, 0) is 6.42 Å². The Hall–Kier alpha value is -1.38.